The maximum absolute atomic E-state index is 12.1. The van der Waals surface area contributed by atoms with Crippen molar-refractivity contribution in [3.8, 4) is 5.75 Å². The minimum atomic E-state index is -0.166. The fourth-order valence-electron chi connectivity index (χ4n) is 3.44. The van der Waals surface area contributed by atoms with Gasteiger partial charge >= 0.3 is 0 Å². The van der Waals surface area contributed by atoms with Gasteiger partial charge in [0.25, 0.3) is 0 Å². The third-order valence-corrected chi connectivity index (χ3v) is 4.92. The molecule has 24 heavy (non-hydrogen) atoms. The maximum atomic E-state index is 12.1. The predicted octanol–water partition coefficient (Wildman–Crippen LogP) is 1.95. The highest BCUT2D eigenvalue weighted by Gasteiger charge is 2.30. The summed E-state index contributed by atoms with van der Waals surface area (Å²) in [5, 5.41) is 9.25. The molecule has 0 spiro atoms. The molecule has 2 fully saturated rings. The number of rotatable bonds is 4. The number of anilines is 2. The van der Waals surface area contributed by atoms with E-state index in [2.05, 4.69) is 4.90 Å². The molecule has 0 saturated carbocycles. The van der Waals surface area contributed by atoms with Gasteiger partial charge in [-0.15, -0.1) is 0 Å². The molecule has 6 nitrogen and oxygen atoms in total. The van der Waals surface area contributed by atoms with Gasteiger partial charge in [-0.3, -0.25) is 9.59 Å². The zero-order chi connectivity index (χ0) is 17.1. The van der Waals surface area contributed by atoms with Crippen molar-refractivity contribution in [2.75, 3.05) is 36.6 Å². The second-order valence-electron chi connectivity index (χ2n) is 6.45. The van der Waals surface area contributed by atoms with Gasteiger partial charge in [-0.1, -0.05) is 0 Å². The molecule has 6 heteroatoms. The third-order valence-electron chi connectivity index (χ3n) is 4.92. The Bertz CT molecular complexity index is 607. The Labute approximate surface area is 142 Å². The Morgan fingerprint density at radius 2 is 1.83 bits per heavy atom. The molecule has 2 heterocycles. The number of hydrogen-bond acceptors (Lipinski definition) is 5. The summed E-state index contributed by atoms with van der Waals surface area (Å²) < 4.78 is 5.46. The molecule has 2 saturated heterocycles. The molecule has 1 N–H and O–H groups in total. The lowest BCUT2D eigenvalue weighted by molar-refractivity contribution is -0.129. The average Bonchev–Trinajstić information content (AvgIpc) is 2.62. The van der Waals surface area contributed by atoms with Crippen LogP contribution in [0.2, 0.25) is 0 Å². The number of aliphatic hydroxyl groups excluding tert-OH is 1. The summed E-state index contributed by atoms with van der Waals surface area (Å²) in [5.41, 5.74) is 1.55. The van der Waals surface area contributed by atoms with Gasteiger partial charge in [0, 0.05) is 44.3 Å². The summed E-state index contributed by atoms with van der Waals surface area (Å²) >= 11 is 0. The van der Waals surface area contributed by atoms with Crippen molar-refractivity contribution < 1.29 is 19.4 Å². The number of methoxy groups -OCH3 is 1. The Kier molecular flexibility index (Phi) is 5.04. The number of amides is 2. The van der Waals surface area contributed by atoms with Crippen LogP contribution in [0.1, 0.15) is 32.1 Å². The molecule has 3 rings (SSSR count). The van der Waals surface area contributed by atoms with Crippen LogP contribution in [0.25, 0.3) is 0 Å². The van der Waals surface area contributed by atoms with E-state index in [1.54, 1.807) is 13.2 Å². The van der Waals surface area contributed by atoms with E-state index < -0.39 is 0 Å². The van der Waals surface area contributed by atoms with Crippen molar-refractivity contribution in [3.05, 3.63) is 18.2 Å². The second-order valence-corrected chi connectivity index (χ2v) is 6.45. The van der Waals surface area contributed by atoms with Crippen molar-refractivity contribution in [2.24, 2.45) is 5.92 Å². The largest absolute Gasteiger partial charge is 0.494 e. The highest BCUT2D eigenvalue weighted by molar-refractivity contribution is 6.17. The molecule has 2 aliphatic heterocycles. The summed E-state index contributed by atoms with van der Waals surface area (Å²) in [6.45, 7) is 2.01. The van der Waals surface area contributed by atoms with Crippen molar-refractivity contribution >= 4 is 23.2 Å². The first-order valence-electron chi connectivity index (χ1n) is 8.53. The van der Waals surface area contributed by atoms with Crippen molar-refractivity contribution in [3.63, 3.8) is 0 Å². The number of aliphatic hydroxyl groups is 1. The monoisotopic (exact) mass is 332 g/mol. The van der Waals surface area contributed by atoms with Gasteiger partial charge in [0.15, 0.2) is 0 Å². The summed E-state index contributed by atoms with van der Waals surface area (Å²) in [6.07, 6.45) is 3.33. The second kappa shape index (κ2) is 7.21. The summed E-state index contributed by atoms with van der Waals surface area (Å²) in [5.74, 6) is 0.591. The van der Waals surface area contributed by atoms with E-state index >= 15 is 0 Å². The van der Waals surface area contributed by atoms with Crippen molar-refractivity contribution in [1.29, 1.82) is 0 Å². The SMILES string of the molecule is COc1cc(N2CCC(CO)CC2)ccc1N1C(=O)CCCC1=O. The predicted molar refractivity (Wildman–Crippen MR) is 91.4 cm³/mol. The van der Waals surface area contributed by atoms with Crippen molar-refractivity contribution in [1.82, 2.24) is 0 Å². The normalized spacial score (nSPS) is 19.8. The molecule has 1 aromatic rings. The van der Waals surface area contributed by atoms with E-state index in [1.165, 1.54) is 4.90 Å². The van der Waals surface area contributed by atoms with Crippen LogP contribution in [0.4, 0.5) is 11.4 Å². The standard InChI is InChI=1S/C18H24N2O4/c1-24-16-11-14(19-9-7-13(12-21)8-10-19)5-6-15(16)20-17(22)3-2-4-18(20)23/h5-6,11,13,21H,2-4,7-10,12H2,1H3. The van der Waals surface area contributed by atoms with Crippen molar-refractivity contribution in [2.45, 2.75) is 32.1 Å². The molecule has 0 atom stereocenters. The minimum Gasteiger partial charge on any atom is -0.494 e. The maximum Gasteiger partial charge on any atom is 0.233 e. The molecule has 0 aromatic heterocycles. The Balaban J connectivity index is 1.83. The lowest BCUT2D eigenvalue weighted by atomic mass is 9.97. The van der Waals surface area contributed by atoms with Crippen LogP contribution in [0.3, 0.4) is 0 Å². The van der Waals surface area contributed by atoms with E-state index in [0.29, 0.717) is 36.6 Å². The quantitative estimate of drug-likeness (QED) is 0.854. The molecule has 130 valence electrons. The highest BCUT2D eigenvalue weighted by atomic mass is 16.5. The fraction of sp³-hybridized carbons (Fsp3) is 0.556. The van der Waals surface area contributed by atoms with Gasteiger partial charge in [0.2, 0.25) is 11.8 Å². The number of ether oxygens (including phenoxy) is 1. The molecular weight excluding hydrogens is 308 g/mol. The molecular formula is C18H24N2O4. The lowest BCUT2D eigenvalue weighted by Crippen LogP contribution is -2.40. The van der Waals surface area contributed by atoms with Crippen LogP contribution in [0.15, 0.2) is 18.2 Å². The van der Waals surface area contributed by atoms with E-state index in [0.717, 1.165) is 31.6 Å². The van der Waals surface area contributed by atoms with E-state index in [9.17, 15) is 14.7 Å². The zero-order valence-corrected chi connectivity index (χ0v) is 14.0. The molecule has 0 unspecified atom stereocenters. The minimum absolute atomic E-state index is 0.166. The van der Waals surface area contributed by atoms with Gasteiger partial charge in [0.1, 0.15) is 5.75 Å². The first kappa shape index (κ1) is 16.8. The summed E-state index contributed by atoms with van der Waals surface area (Å²) in [4.78, 5) is 27.8. The third kappa shape index (κ3) is 3.24. The smallest absolute Gasteiger partial charge is 0.233 e. The first-order valence-corrected chi connectivity index (χ1v) is 8.53. The molecule has 2 amide bonds. The van der Waals surface area contributed by atoms with E-state index in [-0.39, 0.29) is 18.4 Å². The van der Waals surface area contributed by atoms with E-state index in [4.69, 9.17) is 4.74 Å². The topological polar surface area (TPSA) is 70.1 Å². The number of carbonyl (C=O) groups is 2. The summed E-state index contributed by atoms with van der Waals surface area (Å²) in [6, 6.07) is 5.63. The number of benzene rings is 1. The molecule has 2 aliphatic rings. The lowest BCUT2D eigenvalue weighted by Gasteiger charge is -2.33. The Morgan fingerprint density at radius 1 is 1.17 bits per heavy atom. The van der Waals surface area contributed by atoms with Crippen LogP contribution in [0, 0.1) is 5.92 Å². The first-order chi connectivity index (χ1) is 11.6. The number of nitrogens with zero attached hydrogens (tertiary/aromatic N) is 2. The van der Waals surface area contributed by atoms with Crippen LogP contribution in [-0.4, -0.2) is 43.7 Å². The number of piperidine rings is 2. The van der Waals surface area contributed by atoms with Gasteiger partial charge < -0.3 is 14.7 Å². The molecule has 0 bridgehead atoms. The van der Waals surface area contributed by atoms with Gasteiger partial charge in [-0.05, 0) is 37.3 Å². The van der Waals surface area contributed by atoms with Crippen LogP contribution >= 0.6 is 0 Å². The summed E-state index contributed by atoms with van der Waals surface area (Å²) in [7, 11) is 1.56. The van der Waals surface area contributed by atoms with Crippen LogP contribution < -0.4 is 14.5 Å². The Hall–Kier alpha value is -2.08. The fourth-order valence-corrected chi connectivity index (χ4v) is 3.44. The van der Waals surface area contributed by atoms with Crippen LogP contribution in [0.5, 0.6) is 5.75 Å². The Morgan fingerprint density at radius 3 is 2.42 bits per heavy atom. The molecule has 1 aromatic carbocycles. The molecule has 0 radical (unpaired) electrons. The number of imide groups is 1. The van der Waals surface area contributed by atoms with Gasteiger partial charge in [-0.2, -0.15) is 0 Å². The van der Waals surface area contributed by atoms with Gasteiger partial charge in [-0.25, -0.2) is 4.90 Å². The number of carbonyl (C=O) groups excluding carboxylic acids is 2. The van der Waals surface area contributed by atoms with Crippen LogP contribution in [-0.2, 0) is 9.59 Å². The molecule has 0 aliphatic carbocycles. The zero-order valence-electron chi connectivity index (χ0n) is 14.0. The number of hydrogen-bond donors (Lipinski definition) is 1. The van der Waals surface area contributed by atoms with Gasteiger partial charge in [0.05, 0.1) is 12.8 Å². The highest BCUT2D eigenvalue weighted by Crippen LogP contribution is 2.36. The van der Waals surface area contributed by atoms with E-state index in [1.807, 2.05) is 12.1 Å². The average molecular weight is 332 g/mol.